The number of carbonyl (C=O) groups excluding carboxylic acids is 1. The molecule has 0 spiro atoms. The smallest absolute Gasteiger partial charge is 0.262 e. The van der Waals surface area contributed by atoms with Crippen molar-refractivity contribution in [2.45, 2.75) is 46.2 Å². The van der Waals surface area contributed by atoms with Crippen LogP contribution in [0.2, 0.25) is 0 Å². The van der Waals surface area contributed by atoms with Crippen LogP contribution in [-0.4, -0.2) is 40.0 Å². The summed E-state index contributed by atoms with van der Waals surface area (Å²) in [4.78, 5) is 35.3. The predicted octanol–water partition coefficient (Wildman–Crippen LogP) is 3.55. The van der Waals surface area contributed by atoms with Crippen molar-refractivity contribution in [2.75, 3.05) is 19.6 Å². The quantitative estimate of drug-likeness (QED) is 0.605. The van der Waals surface area contributed by atoms with E-state index in [2.05, 4.69) is 32.7 Å². The highest BCUT2D eigenvalue weighted by atomic mass is 32.1. The van der Waals surface area contributed by atoms with Crippen LogP contribution in [-0.2, 0) is 17.9 Å². The van der Waals surface area contributed by atoms with Gasteiger partial charge < -0.3 is 5.32 Å². The van der Waals surface area contributed by atoms with E-state index >= 15 is 0 Å². The molecule has 6 nitrogen and oxygen atoms in total. The monoisotopic (exact) mass is 444 g/mol. The van der Waals surface area contributed by atoms with Crippen LogP contribution in [0, 0.1) is 19.8 Å². The maximum Gasteiger partial charge on any atom is 0.262 e. The standard InChI is InChI=1S/C22H28N4O2S2/c1-15-16(2)30-21-20(15)22(28)26(14-24-21)9-7-19(27)23-11-17-5-3-8-25(12-17)13-18-6-4-10-29-18/h4,6,10,14,17H,3,5,7-9,11-13H2,1-2H3,(H,23,27). The topological polar surface area (TPSA) is 67.2 Å². The van der Waals surface area contributed by atoms with Crippen LogP contribution in [0.3, 0.4) is 0 Å². The van der Waals surface area contributed by atoms with Gasteiger partial charge in [-0.25, -0.2) is 4.98 Å². The second-order valence-corrected chi connectivity index (χ2v) is 10.3. The van der Waals surface area contributed by atoms with E-state index in [1.807, 2.05) is 13.8 Å². The molecular formula is C22H28N4O2S2. The lowest BCUT2D eigenvalue weighted by molar-refractivity contribution is -0.121. The molecule has 4 rings (SSSR count). The highest BCUT2D eigenvalue weighted by Gasteiger charge is 2.21. The molecule has 0 saturated carbocycles. The number of rotatable bonds is 7. The zero-order chi connectivity index (χ0) is 21.1. The summed E-state index contributed by atoms with van der Waals surface area (Å²) in [6.07, 6.45) is 4.18. The summed E-state index contributed by atoms with van der Waals surface area (Å²) < 4.78 is 1.56. The summed E-state index contributed by atoms with van der Waals surface area (Å²) in [6, 6.07) is 4.28. The molecule has 1 saturated heterocycles. The molecule has 30 heavy (non-hydrogen) atoms. The third-order valence-corrected chi connectivity index (χ3v) is 7.86. The Labute approximate surface area is 184 Å². The van der Waals surface area contributed by atoms with E-state index in [0.29, 0.717) is 30.8 Å². The van der Waals surface area contributed by atoms with Crippen molar-refractivity contribution in [3.05, 3.63) is 49.5 Å². The minimum absolute atomic E-state index is 0.00408. The first-order valence-corrected chi connectivity index (χ1v) is 12.2. The molecule has 1 amide bonds. The van der Waals surface area contributed by atoms with Crippen molar-refractivity contribution >= 4 is 38.8 Å². The number of thiophene rings is 2. The van der Waals surface area contributed by atoms with Crippen LogP contribution in [0.1, 0.15) is 34.6 Å². The van der Waals surface area contributed by atoms with Crippen molar-refractivity contribution in [3.63, 3.8) is 0 Å². The average Bonchev–Trinajstić information content (AvgIpc) is 3.34. The SMILES string of the molecule is Cc1sc2ncn(CCC(=O)NCC3CCCN(Cc4cccs4)C3)c(=O)c2c1C. The largest absolute Gasteiger partial charge is 0.356 e. The molecule has 1 N–H and O–H groups in total. The molecule has 1 aliphatic heterocycles. The average molecular weight is 445 g/mol. The lowest BCUT2D eigenvalue weighted by atomic mass is 9.98. The van der Waals surface area contributed by atoms with Gasteiger partial charge in [0.25, 0.3) is 5.56 Å². The molecule has 8 heteroatoms. The Balaban J connectivity index is 1.27. The van der Waals surface area contributed by atoms with Crippen LogP contribution < -0.4 is 10.9 Å². The number of fused-ring (bicyclic) bond motifs is 1. The maximum atomic E-state index is 12.7. The Kier molecular flexibility index (Phi) is 6.65. The number of carbonyl (C=O) groups is 1. The summed E-state index contributed by atoms with van der Waals surface area (Å²) in [5.41, 5.74) is 0.946. The van der Waals surface area contributed by atoms with Gasteiger partial charge in [-0.05, 0) is 56.2 Å². The lowest BCUT2D eigenvalue weighted by Crippen LogP contribution is -2.40. The second kappa shape index (κ2) is 9.41. The fraction of sp³-hybridized carbons (Fsp3) is 0.500. The Bertz CT molecular complexity index is 1070. The molecule has 1 aliphatic rings. The number of hydrogen-bond acceptors (Lipinski definition) is 6. The van der Waals surface area contributed by atoms with Crippen molar-refractivity contribution in [1.82, 2.24) is 19.8 Å². The van der Waals surface area contributed by atoms with E-state index in [-0.39, 0.29) is 11.5 Å². The summed E-state index contributed by atoms with van der Waals surface area (Å²) in [6.45, 7) is 8.18. The number of likely N-dealkylation sites (tertiary alicyclic amines) is 1. The van der Waals surface area contributed by atoms with Gasteiger partial charge in [0.05, 0.1) is 11.7 Å². The van der Waals surface area contributed by atoms with Crippen molar-refractivity contribution in [2.24, 2.45) is 5.92 Å². The van der Waals surface area contributed by atoms with Crippen molar-refractivity contribution in [1.29, 1.82) is 0 Å². The van der Waals surface area contributed by atoms with E-state index in [0.717, 1.165) is 41.3 Å². The van der Waals surface area contributed by atoms with Gasteiger partial charge in [0, 0.05) is 42.4 Å². The molecule has 1 atom stereocenters. The molecule has 4 heterocycles. The van der Waals surface area contributed by atoms with Gasteiger partial charge in [-0.2, -0.15) is 0 Å². The summed E-state index contributed by atoms with van der Waals surface area (Å²) in [5, 5.41) is 5.89. The number of amides is 1. The van der Waals surface area contributed by atoms with Crippen LogP contribution in [0.25, 0.3) is 10.2 Å². The third kappa shape index (κ3) is 4.82. The Morgan fingerprint density at radius 2 is 2.23 bits per heavy atom. The Morgan fingerprint density at radius 1 is 1.37 bits per heavy atom. The van der Waals surface area contributed by atoms with Gasteiger partial charge in [0.15, 0.2) is 0 Å². The van der Waals surface area contributed by atoms with E-state index in [1.54, 1.807) is 33.6 Å². The van der Waals surface area contributed by atoms with E-state index < -0.39 is 0 Å². The number of nitrogens with zero attached hydrogens (tertiary/aromatic N) is 3. The molecule has 0 bridgehead atoms. The highest BCUT2D eigenvalue weighted by molar-refractivity contribution is 7.18. The molecular weight excluding hydrogens is 416 g/mol. The number of nitrogens with one attached hydrogen (secondary N) is 1. The van der Waals surface area contributed by atoms with Crippen molar-refractivity contribution in [3.8, 4) is 0 Å². The number of piperidine rings is 1. The van der Waals surface area contributed by atoms with Crippen LogP contribution >= 0.6 is 22.7 Å². The summed E-state index contributed by atoms with van der Waals surface area (Å²) in [7, 11) is 0. The highest BCUT2D eigenvalue weighted by Crippen LogP contribution is 2.25. The van der Waals surface area contributed by atoms with Gasteiger partial charge in [0.1, 0.15) is 4.83 Å². The minimum atomic E-state index is -0.0499. The fourth-order valence-electron chi connectivity index (χ4n) is 4.08. The van der Waals surface area contributed by atoms with Crippen molar-refractivity contribution < 1.29 is 4.79 Å². The minimum Gasteiger partial charge on any atom is -0.356 e. The molecule has 160 valence electrons. The van der Waals surface area contributed by atoms with E-state index in [4.69, 9.17) is 0 Å². The molecule has 0 aliphatic carbocycles. The summed E-state index contributed by atoms with van der Waals surface area (Å²) >= 11 is 3.34. The second-order valence-electron chi connectivity index (χ2n) is 8.08. The Morgan fingerprint density at radius 3 is 3.03 bits per heavy atom. The number of aryl methyl sites for hydroxylation is 3. The number of aromatic nitrogens is 2. The molecule has 3 aromatic rings. The normalized spacial score (nSPS) is 17.5. The maximum absolute atomic E-state index is 12.7. The molecule has 3 aromatic heterocycles. The molecule has 0 aromatic carbocycles. The number of hydrogen-bond donors (Lipinski definition) is 1. The van der Waals surface area contributed by atoms with Crippen LogP contribution in [0.5, 0.6) is 0 Å². The fourth-order valence-corrected chi connectivity index (χ4v) is 5.82. The zero-order valence-corrected chi connectivity index (χ0v) is 19.2. The predicted molar refractivity (Wildman–Crippen MR) is 123 cm³/mol. The van der Waals surface area contributed by atoms with E-state index in [9.17, 15) is 9.59 Å². The van der Waals surface area contributed by atoms with Crippen LogP contribution in [0.15, 0.2) is 28.6 Å². The van der Waals surface area contributed by atoms with Gasteiger partial charge in [-0.1, -0.05) is 6.07 Å². The van der Waals surface area contributed by atoms with E-state index in [1.165, 1.54) is 11.3 Å². The first-order chi connectivity index (χ1) is 14.5. The zero-order valence-electron chi connectivity index (χ0n) is 17.5. The lowest BCUT2D eigenvalue weighted by Gasteiger charge is -2.32. The van der Waals surface area contributed by atoms with Gasteiger partial charge in [0.2, 0.25) is 5.91 Å². The first-order valence-electron chi connectivity index (χ1n) is 10.5. The van der Waals surface area contributed by atoms with Crippen LogP contribution in [0.4, 0.5) is 0 Å². The van der Waals surface area contributed by atoms with Gasteiger partial charge in [-0.3, -0.25) is 19.1 Å². The van der Waals surface area contributed by atoms with Gasteiger partial charge in [-0.15, -0.1) is 22.7 Å². The molecule has 0 radical (unpaired) electrons. The Hall–Kier alpha value is -2.03. The molecule has 1 fully saturated rings. The van der Waals surface area contributed by atoms with Gasteiger partial charge >= 0.3 is 0 Å². The summed E-state index contributed by atoms with van der Waals surface area (Å²) in [5.74, 6) is 0.482. The molecule has 1 unspecified atom stereocenters. The first kappa shape index (κ1) is 21.2. The third-order valence-electron chi connectivity index (χ3n) is 5.89.